The molecule has 0 heterocycles. The number of carbonyl (C=O) groups excluding carboxylic acids is 1. The van der Waals surface area contributed by atoms with E-state index in [2.05, 4.69) is 34.3 Å². The second kappa shape index (κ2) is 7.44. The molecule has 194 valence electrons. The maximum Gasteiger partial charge on any atom is 0.310 e. The number of allylic oxidation sites excluding steroid dienone is 1. The molecular weight excluding hydrogens is 440 g/mol. The van der Waals surface area contributed by atoms with Gasteiger partial charge in [-0.2, -0.15) is 0 Å². The lowest BCUT2D eigenvalue weighted by atomic mass is 9.32. The lowest BCUT2D eigenvalue weighted by Gasteiger charge is -2.71. The second-order valence-electron chi connectivity index (χ2n) is 14.2. The predicted molar refractivity (Wildman–Crippen MR) is 134 cm³/mol. The fraction of sp³-hybridized carbons (Fsp3) is 0.833. The molecule has 0 aromatic rings. The molecule has 0 bridgehead atoms. The number of carbonyl (C=O) groups is 3. The number of aliphatic carboxylic acids is 2. The van der Waals surface area contributed by atoms with E-state index < -0.39 is 28.2 Å². The SMILES string of the molecule is C=C(C)[C@@H]1CC[C@]2(C(=O)O)CC[C@]3(C(=O)O)[C@H](CC[C@H]4[C@@]5(C)CCC(=O)C(C)(C)[C@H]5CC[C@]43C)[C@@H]12. The van der Waals surface area contributed by atoms with Crippen molar-refractivity contribution in [1.82, 2.24) is 0 Å². The summed E-state index contributed by atoms with van der Waals surface area (Å²) in [5, 5.41) is 21.6. The summed E-state index contributed by atoms with van der Waals surface area (Å²) in [4.78, 5) is 39.2. The zero-order chi connectivity index (χ0) is 25.8. The van der Waals surface area contributed by atoms with Gasteiger partial charge in [0.05, 0.1) is 10.8 Å². The molecule has 5 rings (SSSR count). The highest BCUT2D eigenvalue weighted by Gasteiger charge is 2.75. The van der Waals surface area contributed by atoms with Gasteiger partial charge in [-0.1, -0.05) is 39.8 Å². The summed E-state index contributed by atoms with van der Waals surface area (Å²) in [5.41, 5.74) is -1.58. The van der Waals surface area contributed by atoms with E-state index >= 15 is 0 Å². The topological polar surface area (TPSA) is 91.7 Å². The molecule has 5 fully saturated rings. The van der Waals surface area contributed by atoms with Crippen LogP contribution >= 0.6 is 0 Å². The van der Waals surface area contributed by atoms with E-state index in [4.69, 9.17) is 0 Å². The van der Waals surface area contributed by atoms with Crippen LogP contribution in [0.3, 0.4) is 0 Å². The molecule has 2 N–H and O–H groups in total. The predicted octanol–water partition coefficient (Wildman–Crippen LogP) is 6.36. The fourth-order valence-electron chi connectivity index (χ4n) is 11.4. The molecule has 0 aliphatic heterocycles. The van der Waals surface area contributed by atoms with Crippen LogP contribution in [-0.4, -0.2) is 27.9 Å². The van der Waals surface area contributed by atoms with Gasteiger partial charge in [-0.25, -0.2) is 0 Å². The third-order valence-electron chi connectivity index (χ3n) is 13.0. The summed E-state index contributed by atoms with van der Waals surface area (Å²) in [6.07, 6.45) is 7.15. The van der Waals surface area contributed by atoms with Gasteiger partial charge in [0.15, 0.2) is 0 Å². The minimum Gasteiger partial charge on any atom is -0.481 e. The van der Waals surface area contributed by atoms with Gasteiger partial charge in [-0.3, -0.25) is 14.4 Å². The Labute approximate surface area is 210 Å². The summed E-state index contributed by atoms with van der Waals surface area (Å²) in [6.45, 7) is 15.0. The lowest BCUT2D eigenvalue weighted by molar-refractivity contribution is -0.245. The molecule has 35 heavy (non-hydrogen) atoms. The molecule has 0 aromatic heterocycles. The van der Waals surface area contributed by atoms with Crippen LogP contribution in [0.2, 0.25) is 0 Å². The quantitative estimate of drug-likeness (QED) is 0.455. The van der Waals surface area contributed by atoms with Gasteiger partial charge in [-0.05, 0) is 105 Å². The Morgan fingerprint density at radius 1 is 0.857 bits per heavy atom. The molecule has 5 heteroatoms. The van der Waals surface area contributed by atoms with E-state index in [1.165, 1.54) is 0 Å². The third kappa shape index (κ3) is 2.79. The average Bonchev–Trinajstić information content (AvgIpc) is 3.18. The fourth-order valence-corrected chi connectivity index (χ4v) is 11.4. The van der Waals surface area contributed by atoms with E-state index in [1.807, 2.05) is 6.92 Å². The highest BCUT2D eigenvalue weighted by molar-refractivity contribution is 5.85. The van der Waals surface area contributed by atoms with Crippen molar-refractivity contribution in [2.45, 2.75) is 98.8 Å². The zero-order valence-electron chi connectivity index (χ0n) is 22.3. The first-order valence-electron chi connectivity index (χ1n) is 13.9. The van der Waals surface area contributed by atoms with Gasteiger partial charge in [0.1, 0.15) is 5.78 Å². The van der Waals surface area contributed by atoms with Crippen LogP contribution in [0.5, 0.6) is 0 Å². The number of ketones is 1. The Morgan fingerprint density at radius 3 is 2.14 bits per heavy atom. The van der Waals surface area contributed by atoms with Crippen molar-refractivity contribution < 1.29 is 24.6 Å². The molecule has 0 amide bonds. The summed E-state index contributed by atoms with van der Waals surface area (Å²) in [7, 11) is 0. The van der Waals surface area contributed by atoms with E-state index in [0.717, 1.165) is 44.1 Å². The zero-order valence-corrected chi connectivity index (χ0v) is 22.3. The smallest absolute Gasteiger partial charge is 0.310 e. The first kappa shape index (κ1) is 25.0. The van der Waals surface area contributed by atoms with Gasteiger partial charge in [-0.15, -0.1) is 0 Å². The minimum absolute atomic E-state index is 0.0669. The van der Waals surface area contributed by atoms with Crippen LogP contribution in [-0.2, 0) is 14.4 Å². The molecule has 0 radical (unpaired) electrons. The molecule has 0 unspecified atom stereocenters. The van der Waals surface area contributed by atoms with Crippen molar-refractivity contribution in [2.75, 3.05) is 0 Å². The van der Waals surface area contributed by atoms with E-state index in [-0.39, 0.29) is 40.4 Å². The number of carboxylic acid groups (broad SMARTS) is 2. The number of rotatable bonds is 3. The number of fused-ring (bicyclic) bond motifs is 7. The molecule has 0 aromatic carbocycles. The van der Waals surface area contributed by atoms with Crippen LogP contribution in [0.1, 0.15) is 98.8 Å². The van der Waals surface area contributed by atoms with Crippen molar-refractivity contribution in [3.63, 3.8) is 0 Å². The molecule has 9 atom stereocenters. The highest BCUT2D eigenvalue weighted by atomic mass is 16.4. The van der Waals surface area contributed by atoms with Crippen LogP contribution in [0.15, 0.2) is 12.2 Å². The molecular formula is C30H44O5. The second-order valence-corrected chi connectivity index (χ2v) is 14.2. The third-order valence-corrected chi connectivity index (χ3v) is 13.0. The molecule has 5 nitrogen and oxygen atoms in total. The van der Waals surface area contributed by atoms with Crippen molar-refractivity contribution in [3.05, 3.63) is 12.2 Å². The monoisotopic (exact) mass is 484 g/mol. The lowest BCUT2D eigenvalue weighted by Crippen LogP contribution is -2.69. The average molecular weight is 485 g/mol. The Balaban J connectivity index is 1.64. The summed E-state index contributed by atoms with van der Waals surface area (Å²) in [5.74, 6) is -0.819. The van der Waals surface area contributed by atoms with Gasteiger partial charge < -0.3 is 10.2 Å². The molecule has 0 spiro atoms. The summed E-state index contributed by atoms with van der Waals surface area (Å²) >= 11 is 0. The minimum atomic E-state index is -0.919. The standard InChI is InChI=1S/C30H44O5/c1-17(2)18-9-14-29(24(32)33)15-16-30(25(34)35)19(23(18)29)7-8-21-27(5)12-11-22(31)26(3,4)20(27)10-13-28(21,30)6/h18-21,23H,1,7-16H2,2-6H3,(H,32,33)(H,34,35)/t18-,19+,20+,21-,23+,27-,28+,29-,30+/m0/s1. The molecule has 5 aliphatic rings. The number of carboxylic acids is 2. The van der Waals surface area contributed by atoms with Crippen LogP contribution in [0.25, 0.3) is 0 Å². The normalized spacial score (nSPS) is 50.3. The maximum atomic E-state index is 13.5. The first-order valence-corrected chi connectivity index (χ1v) is 13.9. The van der Waals surface area contributed by atoms with Gasteiger partial charge in [0.25, 0.3) is 0 Å². The summed E-state index contributed by atoms with van der Waals surface area (Å²) in [6, 6.07) is 0. The molecule has 5 aliphatic carbocycles. The maximum absolute atomic E-state index is 13.5. The molecule has 5 saturated carbocycles. The Kier molecular flexibility index (Phi) is 5.32. The largest absolute Gasteiger partial charge is 0.481 e. The van der Waals surface area contributed by atoms with E-state index in [0.29, 0.717) is 31.5 Å². The van der Waals surface area contributed by atoms with Crippen LogP contribution < -0.4 is 0 Å². The number of Topliss-reactive ketones (excluding diaryl/α,β-unsaturated/α-hetero) is 1. The Morgan fingerprint density at radius 2 is 1.54 bits per heavy atom. The highest BCUT2D eigenvalue weighted by Crippen LogP contribution is 2.77. The van der Waals surface area contributed by atoms with Crippen molar-refractivity contribution >= 4 is 17.7 Å². The van der Waals surface area contributed by atoms with Crippen LogP contribution in [0, 0.1) is 56.7 Å². The number of hydrogen-bond acceptors (Lipinski definition) is 3. The van der Waals surface area contributed by atoms with Gasteiger partial charge in [0.2, 0.25) is 0 Å². The van der Waals surface area contributed by atoms with E-state index in [9.17, 15) is 24.6 Å². The van der Waals surface area contributed by atoms with Crippen molar-refractivity contribution in [3.8, 4) is 0 Å². The number of hydrogen-bond donors (Lipinski definition) is 2. The van der Waals surface area contributed by atoms with Crippen molar-refractivity contribution in [1.29, 1.82) is 0 Å². The van der Waals surface area contributed by atoms with Gasteiger partial charge in [0, 0.05) is 11.8 Å². The van der Waals surface area contributed by atoms with Gasteiger partial charge >= 0.3 is 11.9 Å². The Hall–Kier alpha value is -1.65. The van der Waals surface area contributed by atoms with Crippen LogP contribution in [0.4, 0.5) is 0 Å². The Bertz CT molecular complexity index is 997. The van der Waals surface area contributed by atoms with Crippen molar-refractivity contribution in [2.24, 2.45) is 56.7 Å². The summed E-state index contributed by atoms with van der Waals surface area (Å²) < 4.78 is 0. The van der Waals surface area contributed by atoms with E-state index in [1.54, 1.807) is 0 Å². The first-order chi connectivity index (χ1) is 16.2. The molecule has 0 saturated heterocycles.